The second-order valence-electron chi connectivity index (χ2n) is 1.79. The lowest BCUT2D eigenvalue weighted by atomic mass is 10.3. The van der Waals surface area contributed by atoms with Gasteiger partial charge in [-0.15, -0.1) is 0 Å². The van der Waals surface area contributed by atoms with Gasteiger partial charge in [0, 0.05) is 5.70 Å². The SMILES string of the molecule is C\C=C/C(=C\C=C\C)NN. The molecule has 0 saturated carbocycles. The highest BCUT2D eigenvalue weighted by atomic mass is 15.2. The number of nitrogens with one attached hydrogen (secondary N) is 1. The van der Waals surface area contributed by atoms with Crippen molar-refractivity contribution in [1.29, 1.82) is 0 Å². The molecule has 2 heteroatoms. The highest BCUT2D eigenvalue weighted by molar-refractivity contribution is 5.20. The molecule has 0 aliphatic carbocycles. The zero-order valence-electron chi connectivity index (χ0n) is 6.46. The summed E-state index contributed by atoms with van der Waals surface area (Å²) in [6.07, 6.45) is 9.60. The van der Waals surface area contributed by atoms with Gasteiger partial charge in [-0.3, -0.25) is 5.84 Å². The fourth-order valence-corrected chi connectivity index (χ4v) is 0.531. The molecule has 3 N–H and O–H groups in total. The van der Waals surface area contributed by atoms with Crippen LogP contribution in [0.4, 0.5) is 0 Å². The predicted molar refractivity (Wildman–Crippen MR) is 45.0 cm³/mol. The summed E-state index contributed by atoms with van der Waals surface area (Å²) in [6.45, 7) is 3.90. The Morgan fingerprint density at radius 2 is 2.00 bits per heavy atom. The van der Waals surface area contributed by atoms with Crippen LogP contribution in [0.25, 0.3) is 0 Å². The molecule has 0 aromatic carbocycles. The minimum absolute atomic E-state index is 0.903. The van der Waals surface area contributed by atoms with E-state index >= 15 is 0 Å². The topological polar surface area (TPSA) is 38.0 Å². The quantitative estimate of drug-likeness (QED) is 0.352. The Morgan fingerprint density at radius 1 is 1.30 bits per heavy atom. The van der Waals surface area contributed by atoms with Gasteiger partial charge < -0.3 is 5.43 Å². The highest BCUT2D eigenvalue weighted by Gasteiger charge is 1.79. The normalized spacial score (nSPS) is 13.3. The van der Waals surface area contributed by atoms with E-state index in [0.717, 1.165) is 5.70 Å². The smallest absolute Gasteiger partial charge is 0.0481 e. The van der Waals surface area contributed by atoms with E-state index in [4.69, 9.17) is 5.84 Å². The van der Waals surface area contributed by atoms with Gasteiger partial charge in [0.25, 0.3) is 0 Å². The van der Waals surface area contributed by atoms with Crippen molar-refractivity contribution in [3.63, 3.8) is 0 Å². The van der Waals surface area contributed by atoms with Crippen molar-refractivity contribution in [1.82, 2.24) is 5.43 Å². The molecule has 0 fully saturated rings. The maximum absolute atomic E-state index is 5.20. The molecular weight excluding hydrogens is 124 g/mol. The Labute approximate surface area is 62.1 Å². The van der Waals surface area contributed by atoms with E-state index in [1.54, 1.807) is 0 Å². The second-order valence-corrected chi connectivity index (χ2v) is 1.79. The first-order valence-electron chi connectivity index (χ1n) is 3.27. The first-order chi connectivity index (χ1) is 4.85. The summed E-state index contributed by atoms with van der Waals surface area (Å²) in [6, 6.07) is 0. The minimum atomic E-state index is 0.903. The van der Waals surface area contributed by atoms with Crippen LogP contribution in [0.15, 0.2) is 36.1 Å². The standard InChI is InChI=1S/C8H14N2/c1-3-5-7-8(10-9)6-4-2/h3-7,10H,9H2,1-2H3/b5-3+,6-4-,8-7+. The first kappa shape index (κ1) is 8.98. The Balaban J connectivity index is 4.04. The number of allylic oxidation sites excluding steroid dienone is 5. The summed E-state index contributed by atoms with van der Waals surface area (Å²) in [7, 11) is 0. The van der Waals surface area contributed by atoms with Gasteiger partial charge in [0.05, 0.1) is 0 Å². The number of rotatable bonds is 3. The van der Waals surface area contributed by atoms with Crippen molar-refractivity contribution < 1.29 is 0 Å². The van der Waals surface area contributed by atoms with E-state index in [9.17, 15) is 0 Å². The van der Waals surface area contributed by atoms with Crippen molar-refractivity contribution in [2.75, 3.05) is 0 Å². The molecule has 0 unspecified atom stereocenters. The average molecular weight is 138 g/mol. The lowest BCUT2D eigenvalue weighted by Gasteiger charge is -1.95. The van der Waals surface area contributed by atoms with Crippen LogP contribution in [0.3, 0.4) is 0 Å². The molecule has 0 spiro atoms. The van der Waals surface area contributed by atoms with Gasteiger partial charge in [-0.1, -0.05) is 18.2 Å². The third-order valence-corrected chi connectivity index (χ3v) is 0.981. The molecular formula is C8H14N2. The van der Waals surface area contributed by atoms with Crippen LogP contribution in [0.2, 0.25) is 0 Å². The van der Waals surface area contributed by atoms with E-state index < -0.39 is 0 Å². The van der Waals surface area contributed by atoms with Crippen LogP contribution in [-0.2, 0) is 0 Å². The van der Waals surface area contributed by atoms with Gasteiger partial charge in [0.15, 0.2) is 0 Å². The zero-order valence-corrected chi connectivity index (χ0v) is 6.46. The molecule has 0 aromatic heterocycles. The van der Waals surface area contributed by atoms with E-state index in [1.807, 2.05) is 44.2 Å². The van der Waals surface area contributed by atoms with Gasteiger partial charge in [0.1, 0.15) is 0 Å². The van der Waals surface area contributed by atoms with Crippen LogP contribution in [0.5, 0.6) is 0 Å². The average Bonchev–Trinajstić information content (AvgIpc) is 1.98. The summed E-state index contributed by atoms with van der Waals surface area (Å²) in [5, 5.41) is 0. The van der Waals surface area contributed by atoms with Crippen LogP contribution in [0.1, 0.15) is 13.8 Å². The van der Waals surface area contributed by atoms with Crippen LogP contribution in [-0.4, -0.2) is 0 Å². The van der Waals surface area contributed by atoms with Crippen LogP contribution in [0, 0.1) is 0 Å². The van der Waals surface area contributed by atoms with Crippen molar-refractivity contribution >= 4 is 0 Å². The lowest BCUT2D eigenvalue weighted by molar-refractivity contribution is 0.916. The molecule has 0 aromatic rings. The Morgan fingerprint density at radius 3 is 2.40 bits per heavy atom. The molecule has 10 heavy (non-hydrogen) atoms. The van der Waals surface area contributed by atoms with E-state index in [-0.39, 0.29) is 0 Å². The minimum Gasteiger partial charge on any atom is -0.324 e. The highest BCUT2D eigenvalue weighted by Crippen LogP contribution is 1.89. The lowest BCUT2D eigenvalue weighted by Crippen LogP contribution is -2.19. The summed E-state index contributed by atoms with van der Waals surface area (Å²) >= 11 is 0. The van der Waals surface area contributed by atoms with Crippen LogP contribution >= 0.6 is 0 Å². The molecule has 0 aliphatic rings. The molecule has 0 heterocycles. The maximum atomic E-state index is 5.20. The molecule has 0 atom stereocenters. The van der Waals surface area contributed by atoms with Gasteiger partial charge in [-0.2, -0.15) is 0 Å². The largest absolute Gasteiger partial charge is 0.324 e. The molecule has 56 valence electrons. The van der Waals surface area contributed by atoms with E-state index in [0.29, 0.717) is 0 Å². The van der Waals surface area contributed by atoms with Gasteiger partial charge in [-0.25, -0.2) is 0 Å². The van der Waals surface area contributed by atoms with Crippen molar-refractivity contribution in [3.05, 3.63) is 36.1 Å². The number of hydrazine groups is 1. The molecule has 0 bridgehead atoms. The van der Waals surface area contributed by atoms with Crippen molar-refractivity contribution in [3.8, 4) is 0 Å². The molecule has 0 aliphatic heterocycles. The number of hydrogen-bond acceptors (Lipinski definition) is 2. The van der Waals surface area contributed by atoms with Gasteiger partial charge in [-0.05, 0) is 26.0 Å². The zero-order chi connectivity index (χ0) is 7.82. The fraction of sp³-hybridized carbons (Fsp3) is 0.250. The third kappa shape index (κ3) is 3.92. The summed E-state index contributed by atoms with van der Waals surface area (Å²) < 4.78 is 0. The first-order valence-corrected chi connectivity index (χ1v) is 3.27. The van der Waals surface area contributed by atoms with Gasteiger partial charge in [0.2, 0.25) is 0 Å². The van der Waals surface area contributed by atoms with Crippen molar-refractivity contribution in [2.45, 2.75) is 13.8 Å². The van der Waals surface area contributed by atoms with Crippen LogP contribution < -0.4 is 11.3 Å². The van der Waals surface area contributed by atoms with Crippen molar-refractivity contribution in [2.24, 2.45) is 5.84 Å². The van der Waals surface area contributed by atoms with Gasteiger partial charge >= 0.3 is 0 Å². The summed E-state index contributed by atoms with van der Waals surface area (Å²) in [5.74, 6) is 5.20. The molecule has 0 saturated heterocycles. The van der Waals surface area contributed by atoms with E-state index in [2.05, 4.69) is 5.43 Å². The Hall–Kier alpha value is -1.02. The van der Waals surface area contributed by atoms with E-state index in [1.165, 1.54) is 0 Å². The number of hydrogen-bond donors (Lipinski definition) is 2. The maximum Gasteiger partial charge on any atom is 0.0481 e. The molecule has 0 radical (unpaired) electrons. The Bertz CT molecular complexity index is 155. The molecule has 0 rings (SSSR count). The number of nitrogens with two attached hydrogens (primary N) is 1. The summed E-state index contributed by atoms with van der Waals surface area (Å²) in [5.41, 5.74) is 3.46. The summed E-state index contributed by atoms with van der Waals surface area (Å²) in [4.78, 5) is 0. The predicted octanol–water partition coefficient (Wildman–Crippen LogP) is 1.49. The monoisotopic (exact) mass is 138 g/mol. The fourth-order valence-electron chi connectivity index (χ4n) is 0.531. The second kappa shape index (κ2) is 6.11. The third-order valence-electron chi connectivity index (χ3n) is 0.981. The molecule has 0 amide bonds. The Kier molecular flexibility index (Phi) is 5.48. The molecule has 2 nitrogen and oxygen atoms in total.